The average Bonchev–Trinajstić information content (AvgIpc) is 2.54. The number of sulfonamides is 1. The van der Waals surface area contributed by atoms with Crippen molar-refractivity contribution in [2.75, 3.05) is 0 Å². The van der Waals surface area contributed by atoms with Crippen molar-refractivity contribution in [1.82, 2.24) is 4.72 Å². The first-order valence-corrected chi connectivity index (χ1v) is 9.26. The van der Waals surface area contributed by atoms with Gasteiger partial charge in [0.15, 0.2) is 0 Å². The minimum absolute atomic E-state index is 0.0108. The first-order valence-electron chi connectivity index (χ1n) is 7.78. The first-order chi connectivity index (χ1) is 11.7. The van der Waals surface area contributed by atoms with Crippen LogP contribution in [-0.4, -0.2) is 25.6 Å². The smallest absolute Gasteiger partial charge is 0.326 e. The zero-order valence-electron chi connectivity index (χ0n) is 14.3. The Kier molecular flexibility index (Phi) is 5.81. The van der Waals surface area contributed by atoms with Crippen molar-refractivity contribution in [1.29, 1.82) is 0 Å². The lowest BCUT2D eigenvalue weighted by Gasteiger charge is -2.17. The monoisotopic (exact) mass is 363 g/mol. The van der Waals surface area contributed by atoms with Crippen LogP contribution in [0.25, 0.3) is 0 Å². The topological polar surface area (TPSA) is 92.7 Å². The Labute approximate surface area is 147 Å². The van der Waals surface area contributed by atoms with Gasteiger partial charge in [0, 0.05) is 0 Å². The molecule has 0 unspecified atom stereocenters. The van der Waals surface area contributed by atoms with Gasteiger partial charge in [-0.3, -0.25) is 4.79 Å². The fraction of sp³-hybridized carbons (Fsp3) is 0.278. The first kappa shape index (κ1) is 19.0. The summed E-state index contributed by atoms with van der Waals surface area (Å²) in [6, 6.07) is 11.2. The SMILES string of the molecule is Cc1cc(S(=O)(=O)N[C@H](C(=O)O)c2ccccc2)ccc1OC(C)C. The van der Waals surface area contributed by atoms with E-state index in [1.807, 2.05) is 13.8 Å². The fourth-order valence-electron chi connectivity index (χ4n) is 2.30. The third kappa shape index (κ3) is 4.80. The van der Waals surface area contributed by atoms with Crippen LogP contribution in [0.4, 0.5) is 0 Å². The van der Waals surface area contributed by atoms with E-state index in [4.69, 9.17) is 4.74 Å². The number of aryl methyl sites for hydroxylation is 1. The molecule has 0 heterocycles. The van der Waals surface area contributed by atoms with Gasteiger partial charge < -0.3 is 9.84 Å². The molecule has 2 rings (SSSR count). The van der Waals surface area contributed by atoms with E-state index in [2.05, 4.69) is 4.72 Å². The van der Waals surface area contributed by atoms with Crippen LogP contribution in [0.5, 0.6) is 5.75 Å². The van der Waals surface area contributed by atoms with Gasteiger partial charge in [0.25, 0.3) is 0 Å². The molecule has 0 fully saturated rings. The summed E-state index contributed by atoms with van der Waals surface area (Å²) in [4.78, 5) is 11.5. The highest BCUT2D eigenvalue weighted by molar-refractivity contribution is 7.89. The summed E-state index contributed by atoms with van der Waals surface area (Å²) in [5, 5.41) is 9.39. The molecular weight excluding hydrogens is 342 g/mol. The van der Waals surface area contributed by atoms with Crippen molar-refractivity contribution in [3.63, 3.8) is 0 Å². The third-order valence-corrected chi connectivity index (χ3v) is 4.89. The second-order valence-corrected chi connectivity index (χ2v) is 7.61. The number of carboxylic acid groups (broad SMARTS) is 1. The van der Waals surface area contributed by atoms with Crippen LogP contribution in [0.2, 0.25) is 0 Å². The van der Waals surface area contributed by atoms with E-state index < -0.39 is 22.0 Å². The maximum atomic E-state index is 12.6. The minimum atomic E-state index is -4.01. The molecule has 0 saturated heterocycles. The number of nitrogens with one attached hydrogen (secondary N) is 1. The number of carbonyl (C=O) groups is 1. The highest BCUT2D eigenvalue weighted by atomic mass is 32.2. The molecule has 1 atom stereocenters. The third-order valence-electron chi connectivity index (χ3n) is 3.47. The number of aliphatic carboxylic acids is 1. The molecule has 0 spiro atoms. The van der Waals surface area contributed by atoms with E-state index in [1.165, 1.54) is 12.1 Å². The fourth-order valence-corrected chi connectivity index (χ4v) is 3.57. The number of hydrogen-bond acceptors (Lipinski definition) is 4. The molecule has 0 bridgehead atoms. The van der Waals surface area contributed by atoms with E-state index in [-0.39, 0.29) is 11.0 Å². The largest absolute Gasteiger partial charge is 0.491 e. The Hall–Kier alpha value is -2.38. The Bertz CT molecular complexity index is 847. The molecule has 25 heavy (non-hydrogen) atoms. The van der Waals surface area contributed by atoms with E-state index in [9.17, 15) is 18.3 Å². The Morgan fingerprint density at radius 1 is 1.12 bits per heavy atom. The number of benzene rings is 2. The molecule has 6 nitrogen and oxygen atoms in total. The van der Waals surface area contributed by atoms with Crippen LogP contribution < -0.4 is 9.46 Å². The van der Waals surface area contributed by atoms with Crippen LogP contribution >= 0.6 is 0 Å². The molecule has 0 aromatic heterocycles. The van der Waals surface area contributed by atoms with Crippen molar-refractivity contribution >= 4 is 16.0 Å². The van der Waals surface area contributed by atoms with Crippen LogP contribution in [0, 0.1) is 6.92 Å². The molecule has 0 amide bonds. The van der Waals surface area contributed by atoms with Gasteiger partial charge in [0.05, 0.1) is 11.0 Å². The van der Waals surface area contributed by atoms with Gasteiger partial charge in [0.1, 0.15) is 11.8 Å². The molecule has 0 radical (unpaired) electrons. The van der Waals surface area contributed by atoms with Crippen LogP contribution in [0.3, 0.4) is 0 Å². The summed E-state index contributed by atoms with van der Waals surface area (Å²) in [5.41, 5.74) is 1.01. The Morgan fingerprint density at radius 2 is 1.76 bits per heavy atom. The van der Waals surface area contributed by atoms with E-state index >= 15 is 0 Å². The van der Waals surface area contributed by atoms with Gasteiger partial charge in [0.2, 0.25) is 10.0 Å². The van der Waals surface area contributed by atoms with Gasteiger partial charge >= 0.3 is 5.97 Å². The molecule has 0 aliphatic carbocycles. The number of rotatable bonds is 7. The standard InChI is InChI=1S/C18H21NO5S/c1-12(2)24-16-10-9-15(11-13(16)3)25(22,23)19-17(18(20)21)14-7-5-4-6-8-14/h4-12,17,19H,1-3H3,(H,20,21)/t17-/m0/s1. The van der Waals surface area contributed by atoms with Crippen LogP contribution in [0.15, 0.2) is 53.4 Å². The summed E-state index contributed by atoms with van der Waals surface area (Å²) in [5.74, 6) is -0.682. The molecule has 2 N–H and O–H groups in total. The van der Waals surface area contributed by atoms with E-state index in [0.717, 1.165) is 0 Å². The summed E-state index contributed by atoms with van der Waals surface area (Å²) < 4.78 is 33.0. The lowest BCUT2D eigenvalue weighted by Crippen LogP contribution is -2.33. The van der Waals surface area contributed by atoms with Crippen molar-refractivity contribution < 1.29 is 23.1 Å². The number of ether oxygens (including phenoxy) is 1. The van der Waals surface area contributed by atoms with Gasteiger partial charge in [-0.2, -0.15) is 4.72 Å². The lowest BCUT2D eigenvalue weighted by molar-refractivity contribution is -0.139. The molecular formula is C18H21NO5S. The van der Waals surface area contributed by atoms with Crippen molar-refractivity contribution in [2.24, 2.45) is 0 Å². The zero-order valence-corrected chi connectivity index (χ0v) is 15.1. The normalized spacial score (nSPS) is 12.8. The van der Waals surface area contributed by atoms with Crippen LogP contribution in [0.1, 0.15) is 31.0 Å². The number of carboxylic acids is 1. The Balaban J connectivity index is 2.31. The molecule has 0 aliphatic rings. The number of hydrogen-bond donors (Lipinski definition) is 2. The van der Waals surface area contributed by atoms with Gasteiger partial charge in [-0.1, -0.05) is 30.3 Å². The summed E-state index contributed by atoms with van der Waals surface area (Å²) in [7, 11) is -4.01. The maximum Gasteiger partial charge on any atom is 0.326 e. The van der Waals surface area contributed by atoms with Gasteiger partial charge in [-0.25, -0.2) is 8.42 Å². The van der Waals surface area contributed by atoms with Crippen molar-refractivity contribution in [2.45, 2.75) is 37.8 Å². The molecule has 134 valence electrons. The lowest BCUT2D eigenvalue weighted by atomic mass is 10.1. The van der Waals surface area contributed by atoms with Crippen molar-refractivity contribution in [3.05, 3.63) is 59.7 Å². The van der Waals surface area contributed by atoms with Gasteiger partial charge in [-0.05, 0) is 50.1 Å². The summed E-state index contributed by atoms with van der Waals surface area (Å²) >= 11 is 0. The quantitative estimate of drug-likeness (QED) is 0.789. The summed E-state index contributed by atoms with van der Waals surface area (Å²) in [6.07, 6.45) is -0.0336. The van der Waals surface area contributed by atoms with Crippen LogP contribution in [-0.2, 0) is 14.8 Å². The van der Waals surface area contributed by atoms with Gasteiger partial charge in [-0.15, -0.1) is 0 Å². The predicted octanol–water partition coefficient (Wildman–Crippen LogP) is 2.89. The molecule has 2 aromatic carbocycles. The van der Waals surface area contributed by atoms with E-state index in [0.29, 0.717) is 16.9 Å². The highest BCUT2D eigenvalue weighted by Gasteiger charge is 2.27. The minimum Gasteiger partial charge on any atom is -0.491 e. The zero-order chi connectivity index (χ0) is 18.6. The maximum absolute atomic E-state index is 12.6. The molecule has 0 saturated carbocycles. The van der Waals surface area contributed by atoms with Crippen molar-refractivity contribution in [3.8, 4) is 5.75 Å². The molecule has 0 aliphatic heterocycles. The second-order valence-electron chi connectivity index (χ2n) is 5.90. The average molecular weight is 363 g/mol. The Morgan fingerprint density at radius 3 is 2.28 bits per heavy atom. The predicted molar refractivity (Wildman–Crippen MR) is 94.1 cm³/mol. The summed E-state index contributed by atoms with van der Waals surface area (Å²) in [6.45, 7) is 5.49. The van der Waals surface area contributed by atoms with E-state index in [1.54, 1.807) is 43.3 Å². The molecule has 2 aromatic rings. The molecule has 7 heteroatoms. The highest BCUT2D eigenvalue weighted by Crippen LogP contribution is 2.24. The second kappa shape index (κ2) is 7.67.